The van der Waals surface area contributed by atoms with E-state index in [0.29, 0.717) is 16.7 Å². The number of methoxy groups -OCH3 is 1. The first kappa shape index (κ1) is 15.7. The molecule has 0 unspecified atom stereocenters. The Labute approximate surface area is 139 Å². The van der Waals surface area contributed by atoms with Crippen molar-refractivity contribution in [3.8, 4) is 11.5 Å². The van der Waals surface area contributed by atoms with Crippen LogP contribution >= 0.6 is 11.8 Å². The number of phenolic OH excluding ortho intramolecular Hbond substituents is 1. The highest BCUT2D eigenvalue weighted by molar-refractivity contribution is 8.03. The van der Waals surface area contributed by atoms with Crippen LogP contribution in [0.15, 0.2) is 40.9 Å². The second kappa shape index (κ2) is 6.16. The number of ether oxygens (including phenoxy) is 1. The van der Waals surface area contributed by atoms with E-state index in [1.165, 1.54) is 4.91 Å². The third kappa shape index (κ3) is 2.77. The highest BCUT2D eigenvalue weighted by atomic mass is 32.2. The van der Waals surface area contributed by atoms with Gasteiger partial charge in [0.25, 0.3) is 0 Å². The van der Waals surface area contributed by atoms with E-state index >= 15 is 0 Å². The second-order valence-electron chi connectivity index (χ2n) is 5.56. The molecule has 1 aliphatic heterocycles. The van der Waals surface area contributed by atoms with Gasteiger partial charge in [0, 0.05) is 21.4 Å². The number of benzene rings is 2. The van der Waals surface area contributed by atoms with E-state index < -0.39 is 0 Å². The van der Waals surface area contributed by atoms with Gasteiger partial charge in [-0.15, -0.1) is 11.8 Å². The van der Waals surface area contributed by atoms with Crippen LogP contribution in [-0.4, -0.2) is 35.3 Å². The van der Waals surface area contributed by atoms with Crippen molar-refractivity contribution >= 4 is 28.3 Å². The Hall–Kier alpha value is -2.14. The molecule has 0 amide bonds. The molecule has 2 aromatic carbocycles. The molecule has 0 bridgehead atoms. The molecule has 2 aromatic rings. The van der Waals surface area contributed by atoms with Crippen molar-refractivity contribution < 1.29 is 14.6 Å². The Morgan fingerprint density at radius 3 is 2.61 bits per heavy atom. The van der Waals surface area contributed by atoms with Gasteiger partial charge in [-0.2, -0.15) is 0 Å². The maximum absolute atomic E-state index is 12.7. The first-order valence-electron chi connectivity index (χ1n) is 7.40. The monoisotopic (exact) mass is 329 g/mol. The Bertz CT molecular complexity index is 813. The number of carbonyl (C=O) groups excluding carboxylic acids is 1. The zero-order valence-corrected chi connectivity index (χ0v) is 14.2. The Balaban J connectivity index is 1.99. The van der Waals surface area contributed by atoms with Crippen LogP contribution in [-0.2, 0) is 0 Å². The Morgan fingerprint density at radius 1 is 1.30 bits per heavy atom. The first-order valence-corrected chi connectivity index (χ1v) is 8.38. The fraction of sp³-hybridized carbons (Fsp3) is 0.278. The largest absolute Gasteiger partial charge is 0.507 e. The van der Waals surface area contributed by atoms with E-state index in [1.807, 2.05) is 30.0 Å². The van der Waals surface area contributed by atoms with Crippen molar-refractivity contribution in [3.05, 3.63) is 46.5 Å². The van der Waals surface area contributed by atoms with Crippen molar-refractivity contribution in [1.29, 1.82) is 0 Å². The van der Waals surface area contributed by atoms with E-state index in [0.717, 1.165) is 17.0 Å². The lowest BCUT2D eigenvalue weighted by Crippen LogP contribution is -2.25. The molecule has 0 fully saturated rings. The van der Waals surface area contributed by atoms with Gasteiger partial charge in [-0.05, 0) is 19.9 Å². The number of nitrogens with zero attached hydrogens (tertiary/aromatic N) is 1. The van der Waals surface area contributed by atoms with E-state index in [4.69, 9.17) is 4.74 Å². The molecule has 1 N–H and O–H groups in total. The third-order valence-electron chi connectivity index (χ3n) is 4.25. The maximum atomic E-state index is 12.7. The molecule has 23 heavy (non-hydrogen) atoms. The zero-order chi connectivity index (χ0) is 16.6. The van der Waals surface area contributed by atoms with Crippen LogP contribution in [0, 0.1) is 0 Å². The molecule has 1 aliphatic rings. The molecule has 0 spiro atoms. The summed E-state index contributed by atoms with van der Waals surface area (Å²) < 4.78 is 5.39. The highest BCUT2D eigenvalue weighted by Crippen LogP contribution is 2.37. The summed E-state index contributed by atoms with van der Waals surface area (Å²) in [6.45, 7) is 4.33. The maximum Gasteiger partial charge on any atom is 0.185 e. The standard InChI is InChI=1S/C18H19NO3S/c1-11-12(2)23-10-19(11)9-16(20)15-8-17(22-3)13-6-4-5-7-14(13)18(15)21/h4-8,21H,9-10H2,1-3H3. The van der Waals surface area contributed by atoms with Crippen LogP contribution in [0.4, 0.5) is 0 Å². The number of hydrogen-bond donors (Lipinski definition) is 1. The molecule has 0 saturated heterocycles. The summed E-state index contributed by atoms with van der Waals surface area (Å²) in [4.78, 5) is 16.0. The summed E-state index contributed by atoms with van der Waals surface area (Å²) >= 11 is 1.73. The number of Topliss-reactive ketones (excluding diaryl/α,β-unsaturated/α-hetero) is 1. The molecule has 4 nitrogen and oxygen atoms in total. The molecule has 5 heteroatoms. The van der Waals surface area contributed by atoms with Crippen molar-refractivity contribution in [2.75, 3.05) is 19.5 Å². The predicted octanol–water partition coefficient (Wildman–Crippen LogP) is 3.99. The van der Waals surface area contributed by atoms with Crippen LogP contribution in [0.1, 0.15) is 24.2 Å². The summed E-state index contributed by atoms with van der Waals surface area (Å²) in [5, 5.41) is 12.0. The number of aromatic hydroxyl groups is 1. The quantitative estimate of drug-likeness (QED) is 0.859. The van der Waals surface area contributed by atoms with Gasteiger partial charge in [0.1, 0.15) is 11.5 Å². The molecule has 3 rings (SSSR count). The second-order valence-corrected chi connectivity index (χ2v) is 6.72. The number of phenols is 1. The molecular weight excluding hydrogens is 310 g/mol. The van der Waals surface area contributed by atoms with Crippen molar-refractivity contribution in [2.24, 2.45) is 0 Å². The molecule has 1 heterocycles. The number of fused-ring (bicyclic) bond motifs is 1. The van der Waals surface area contributed by atoms with Gasteiger partial charge in [-0.1, -0.05) is 24.3 Å². The average Bonchev–Trinajstić information content (AvgIpc) is 2.87. The van der Waals surface area contributed by atoms with E-state index in [1.54, 1.807) is 31.0 Å². The fourth-order valence-electron chi connectivity index (χ4n) is 2.73. The van der Waals surface area contributed by atoms with E-state index in [2.05, 4.69) is 6.92 Å². The van der Waals surface area contributed by atoms with Crippen molar-refractivity contribution in [2.45, 2.75) is 13.8 Å². The van der Waals surface area contributed by atoms with E-state index in [-0.39, 0.29) is 18.1 Å². The number of rotatable bonds is 4. The van der Waals surface area contributed by atoms with Crippen molar-refractivity contribution in [1.82, 2.24) is 4.90 Å². The average molecular weight is 329 g/mol. The molecule has 0 aliphatic carbocycles. The molecule has 0 saturated carbocycles. The summed E-state index contributed by atoms with van der Waals surface area (Å²) in [6, 6.07) is 9.02. The van der Waals surface area contributed by atoms with E-state index in [9.17, 15) is 9.90 Å². The number of carbonyl (C=O) groups is 1. The Morgan fingerprint density at radius 2 is 2.00 bits per heavy atom. The minimum Gasteiger partial charge on any atom is -0.507 e. The summed E-state index contributed by atoms with van der Waals surface area (Å²) in [7, 11) is 1.57. The molecule has 0 atom stereocenters. The van der Waals surface area contributed by atoms with Gasteiger partial charge in [0.2, 0.25) is 0 Å². The highest BCUT2D eigenvalue weighted by Gasteiger charge is 2.23. The summed E-state index contributed by atoms with van der Waals surface area (Å²) in [5.74, 6) is 1.29. The van der Waals surface area contributed by atoms with Gasteiger partial charge in [0.05, 0.1) is 25.1 Å². The third-order valence-corrected chi connectivity index (χ3v) is 5.42. The van der Waals surface area contributed by atoms with Gasteiger partial charge >= 0.3 is 0 Å². The van der Waals surface area contributed by atoms with Gasteiger partial charge in [-0.25, -0.2) is 0 Å². The summed E-state index contributed by atoms with van der Waals surface area (Å²) in [5.41, 5.74) is 1.43. The molecule has 0 radical (unpaired) electrons. The zero-order valence-electron chi connectivity index (χ0n) is 13.4. The van der Waals surface area contributed by atoms with Crippen LogP contribution in [0.25, 0.3) is 10.8 Å². The lowest BCUT2D eigenvalue weighted by atomic mass is 10.0. The van der Waals surface area contributed by atoms with Gasteiger partial charge in [-0.3, -0.25) is 4.79 Å². The van der Waals surface area contributed by atoms with Gasteiger partial charge in [0.15, 0.2) is 5.78 Å². The van der Waals surface area contributed by atoms with Crippen LogP contribution < -0.4 is 4.74 Å². The SMILES string of the molecule is COc1cc(C(=O)CN2CSC(C)=C2C)c(O)c2ccccc12. The number of hydrogen-bond acceptors (Lipinski definition) is 5. The predicted molar refractivity (Wildman–Crippen MR) is 94.0 cm³/mol. The molecular formula is C18H19NO3S. The first-order chi connectivity index (χ1) is 11.0. The van der Waals surface area contributed by atoms with Crippen LogP contribution in [0.2, 0.25) is 0 Å². The minimum atomic E-state index is -0.110. The minimum absolute atomic E-state index is 0.0246. The lowest BCUT2D eigenvalue weighted by Gasteiger charge is -2.19. The van der Waals surface area contributed by atoms with Crippen LogP contribution in [0.5, 0.6) is 11.5 Å². The number of thioether (sulfide) groups is 1. The van der Waals surface area contributed by atoms with Crippen LogP contribution in [0.3, 0.4) is 0 Å². The molecule has 0 aromatic heterocycles. The molecule has 120 valence electrons. The summed E-state index contributed by atoms with van der Waals surface area (Å²) in [6.07, 6.45) is 0. The lowest BCUT2D eigenvalue weighted by molar-refractivity contribution is 0.0956. The fourth-order valence-corrected chi connectivity index (χ4v) is 3.70. The number of ketones is 1. The van der Waals surface area contributed by atoms with Gasteiger partial charge < -0.3 is 14.7 Å². The Kier molecular flexibility index (Phi) is 4.22. The van der Waals surface area contributed by atoms with Crippen molar-refractivity contribution in [3.63, 3.8) is 0 Å². The number of allylic oxidation sites excluding steroid dienone is 2. The topological polar surface area (TPSA) is 49.8 Å². The normalized spacial score (nSPS) is 14.7. The smallest absolute Gasteiger partial charge is 0.185 e.